The number of carbonyl (C=O) groups excluding carboxylic acids is 1. The largest absolute Gasteiger partial charge is 0.375 e. The van der Waals surface area contributed by atoms with Crippen LogP contribution in [0.4, 0.5) is 0 Å². The molecule has 0 unspecified atom stereocenters. The molecule has 0 saturated heterocycles. The molecule has 0 aromatic heterocycles. The zero-order chi connectivity index (χ0) is 6.69. The van der Waals surface area contributed by atoms with Crippen molar-refractivity contribution in [1.29, 1.82) is 0 Å². The van der Waals surface area contributed by atoms with Gasteiger partial charge < -0.3 is 10.1 Å². The van der Waals surface area contributed by atoms with E-state index in [9.17, 15) is 4.79 Å². The van der Waals surface area contributed by atoms with Crippen LogP contribution in [0.5, 0.6) is 0 Å². The maximum atomic E-state index is 10.7. The van der Waals surface area contributed by atoms with Crippen molar-refractivity contribution in [2.45, 2.75) is 18.9 Å². The van der Waals surface area contributed by atoms with Gasteiger partial charge in [0.25, 0.3) is 0 Å². The molecule has 1 fully saturated rings. The topological polar surface area (TPSA) is 38.3 Å². The maximum absolute atomic E-state index is 10.7. The summed E-state index contributed by atoms with van der Waals surface area (Å²) in [5, 5.41) is 2.79. The minimum atomic E-state index is 0.000000000000000222. The number of amides is 1. The highest BCUT2D eigenvalue weighted by atomic mass is 16.5. The number of nitrogens with one attached hydrogen (secondary N) is 1. The van der Waals surface area contributed by atoms with E-state index in [1.54, 1.807) is 0 Å². The summed E-state index contributed by atoms with van der Waals surface area (Å²) in [6.45, 7) is 0.191. The summed E-state index contributed by atoms with van der Waals surface area (Å²) < 4.78 is 4.62. The number of hydrogen-bond donors (Lipinski definition) is 1. The molecule has 0 aliphatic heterocycles. The van der Waals surface area contributed by atoms with Gasteiger partial charge in [0.15, 0.2) is 0 Å². The van der Waals surface area contributed by atoms with Gasteiger partial charge in [-0.25, -0.2) is 0 Å². The first-order valence-corrected chi connectivity index (χ1v) is 3.11. The Morgan fingerprint density at radius 3 is 2.89 bits per heavy atom. The Hall–Kier alpha value is -0.570. The number of hydrogen-bond acceptors (Lipinski definition) is 2. The van der Waals surface area contributed by atoms with Crippen molar-refractivity contribution in [3.63, 3.8) is 0 Å². The van der Waals surface area contributed by atoms with Gasteiger partial charge in [-0.15, -0.1) is 0 Å². The minimum absolute atomic E-state index is 0.000000000000000222. The van der Waals surface area contributed by atoms with Crippen LogP contribution in [-0.2, 0) is 9.53 Å². The molecule has 3 nitrogen and oxygen atoms in total. The highest BCUT2D eigenvalue weighted by molar-refractivity contribution is 5.77. The van der Waals surface area contributed by atoms with Gasteiger partial charge in [0.1, 0.15) is 6.61 Å². The van der Waals surface area contributed by atoms with Crippen molar-refractivity contribution >= 4 is 5.91 Å². The van der Waals surface area contributed by atoms with E-state index in [1.165, 1.54) is 7.11 Å². The van der Waals surface area contributed by atoms with Gasteiger partial charge in [0, 0.05) is 13.2 Å². The zero-order valence-corrected chi connectivity index (χ0v) is 5.52. The minimum Gasteiger partial charge on any atom is -0.375 e. The van der Waals surface area contributed by atoms with Gasteiger partial charge in [0.05, 0.1) is 0 Å². The summed E-state index contributed by atoms with van der Waals surface area (Å²) in [7, 11) is 1.52. The van der Waals surface area contributed by atoms with E-state index in [0.717, 1.165) is 12.8 Å². The lowest BCUT2D eigenvalue weighted by Gasteiger charge is -1.99. The van der Waals surface area contributed by atoms with Gasteiger partial charge in [-0.1, -0.05) is 0 Å². The van der Waals surface area contributed by atoms with Crippen LogP contribution in [0.25, 0.3) is 0 Å². The van der Waals surface area contributed by atoms with Crippen LogP contribution >= 0.6 is 0 Å². The summed E-state index contributed by atoms with van der Waals surface area (Å²) in [4.78, 5) is 10.7. The second-order valence-electron chi connectivity index (χ2n) is 2.27. The van der Waals surface area contributed by atoms with E-state index in [1.807, 2.05) is 0 Å². The van der Waals surface area contributed by atoms with Gasteiger partial charge in [-0.3, -0.25) is 4.79 Å². The fourth-order valence-electron chi connectivity index (χ4n) is 0.628. The Bertz CT molecular complexity index is 110. The average Bonchev–Trinajstić information content (AvgIpc) is 2.50. The van der Waals surface area contributed by atoms with Crippen molar-refractivity contribution in [3.8, 4) is 0 Å². The predicted molar refractivity (Wildman–Crippen MR) is 33.0 cm³/mol. The second-order valence-corrected chi connectivity index (χ2v) is 2.27. The van der Waals surface area contributed by atoms with Crippen molar-refractivity contribution in [3.05, 3.63) is 0 Å². The maximum Gasteiger partial charge on any atom is 0.246 e. The molecular formula is C6H11NO2. The monoisotopic (exact) mass is 129 g/mol. The smallest absolute Gasteiger partial charge is 0.246 e. The van der Waals surface area contributed by atoms with Crippen LogP contribution < -0.4 is 5.32 Å². The lowest BCUT2D eigenvalue weighted by Crippen LogP contribution is -2.28. The van der Waals surface area contributed by atoms with Crippen molar-refractivity contribution < 1.29 is 9.53 Å². The molecule has 0 aromatic rings. The van der Waals surface area contributed by atoms with Crippen molar-refractivity contribution in [2.75, 3.05) is 13.7 Å². The van der Waals surface area contributed by atoms with Gasteiger partial charge in [-0.05, 0) is 12.8 Å². The summed E-state index contributed by atoms with van der Waals surface area (Å²) >= 11 is 0. The molecule has 1 saturated carbocycles. The Kier molecular flexibility index (Phi) is 2.05. The van der Waals surface area contributed by atoms with E-state index in [-0.39, 0.29) is 12.5 Å². The molecule has 1 rings (SSSR count). The Labute approximate surface area is 54.4 Å². The molecule has 1 N–H and O–H groups in total. The number of rotatable bonds is 3. The standard InChI is InChI=1S/C6H11NO2/c1-9-4-6(8)7-5-2-3-5/h5H,2-4H2,1H3,(H,7,8). The zero-order valence-electron chi connectivity index (χ0n) is 5.52. The highest BCUT2D eigenvalue weighted by Crippen LogP contribution is 2.18. The third-order valence-corrected chi connectivity index (χ3v) is 1.22. The first kappa shape index (κ1) is 6.55. The molecule has 52 valence electrons. The molecule has 0 heterocycles. The molecule has 1 amide bonds. The van der Waals surface area contributed by atoms with Gasteiger partial charge in [-0.2, -0.15) is 0 Å². The second kappa shape index (κ2) is 2.82. The van der Waals surface area contributed by atoms with Gasteiger partial charge >= 0.3 is 0 Å². The van der Waals surface area contributed by atoms with Crippen LogP contribution in [0.1, 0.15) is 12.8 Å². The third-order valence-electron chi connectivity index (χ3n) is 1.22. The van der Waals surface area contributed by atoms with Crippen LogP contribution in [0.2, 0.25) is 0 Å². The van der Waals surface area contributed by atoms with Crippen molar-refractivity contribution in [2.24, 2.45) is 0 Å². The Morgan fingerprint density at radius 2 is 2.44 bits per heavy atom. The molecule has 0 aromatic carbocycles. The molecule has 3 heteroatoms. The number of carbonyl (C=O) groups is 1. The van der Waals surface area contributed by atoms with Crippen LogP contribution in [0.15, 0.2) is 0 Å². The fraction of sp³-hybridized carbons (Fsp3) is 0.833. The normalized spacial score (nSPS) is 17.4. The predicted octanol–water partition coefficient (Wildman–Crippen LogP) is -0.0886. The van der Waals surface area contributed by atoms with Crippen molar-refractivity contribution in [1.82, 2.24) is 5.32 Å². The van der Waals surface area contributed by atoms with Crippen LogP contribution in [-0.4, -0.2) is 25.7 Å². The average molecular weight is 129 g/mol. The molecular weight excluding hydrogens is 118 g/mol. The van der Waals surface area contributed by atoms with E-state index in [0.29, 0.717) is 6.04 Å². The summed E-state index contributed by atoms with van der Waals surface area (Å²) in [5.41, 5.74) is 0. The Morgan fingerprint density at radius 1 is 1.78 bits per heavy atom. The van der Waals surface area contributed by atoms with Crippen LogP contribution in [0.3, 0.4) is 0 Å². The molecule has 0 radical (unpaired) electrons. The Balaban J connectivity index is 2.02. The summed E-state index contributed by atoms with van der Waals surface area (Å²) in [6.07, 6.45) is 2.27. The van der Waals surface area contributed by atoms with E-state index in [2.05, 4.69) is 10.1 Å². The fourth-order valence-corrected chi connectivity index (χ4v) is 0.628. The number of ether oxygens (including phenoxy) is 1. The van der Waals surface area contributed by atoms with Crippen LogP contribution in [0, 0.1) is 0 Å². The molecule has 0 bridgehead atoms. The molecule has 0 atom stereocenters. The molecule has 1 aliphatic carbocycles. The lowest BCUT2D eigenvalue weighted by atomic mass is 10.6. The lowest BCUT2D eigenvalue weighted by molar-refractivity contribution is -0.124. The molecule has 9 heavy (non-hydrogen) atoms. The first-order chi connectivity index (χ1) is 4.33. The quantitative estimate of drug-likeness (QED) is 0.578. The summed E-state index contributed by atoms with van der Waals surface area (Å²) in [6, 6.07) is 0.452. The molecule has 0 spiro atoms. The van der Waals surface area contributed by atoms with Gasteiger partial charge in [0.2, 0.25) is 5.91 Å². The number of methoxy groups -OCH3 is 1. The SMILES string of the molecule is COCC(=O)NC1CC1. The summed E-state index contributed by atoms with van der Waals surface area (Å²) in [5.74, 6) is 0.000000000000000222. The van der Waals surface area contributed by atoms with E-state index in [4.69, 9.17) is 0 Å². The first-order valence-electron chi connectivity index (χ1n) is 3.11. The van der Waals surface area contributed by atoms with E-state index < -0.39 is 0 Å². The third kappa shape index (κ3) is 2.46. The molecule has 1 aliphatic rings. The highest BCUT2D eigenvalue weighted by Gasteiger charge is 2.22. The van der Waals surface area contributed by atoms with E-state index >= 15 is 0 Å².